The van der Waals surface area contributed by atoms with Gasteiger partial charge in [0.25, 0.3) is 23.9 Å². The van der Waals surface area contributed by atoms with Crippen molar-refractivity contribution in [1.29, 1.82) is 0 Å². The fourth-order valence-corrected chi connectivity index (χ4v) is 6.06. The summed E-state index contributed by atoms with van der Waals surface area (Å²) in [6.07, 6.45) is 13.2. The molecule has 3 aliphatic rings. The van der Waals surface area contributed by atoms with Crippen LogP contribution in [0.4, 0.5) is 34.9 Å². The highest BCUT2D eigenvalue weighted by Gasteiger charge is 2.22. The molecule has 0 aliphatic carbocycles. The number of nitrogens with zero attached hydrogens (tertiary/aromatic N) is 7. The third-order valence-electron chi connectivity index (χ3n) is 8.17. The summed E-state index contributed by atoms with van der Waals surface area (Å²) < 4.78 is 0. The summed E-state index contributed by atoms with van der Waals surface area (Å²) in [5.41, 5.74) is 21.7. The zero-order valence-electron chi connectivity index (χ0n) is 34.6. The highest BCUT2D eigenvalue weighted by molar-refractivity contribution is 5.91. The van der Waals surface area contributed by atoms with Crippen molar-refractivity contribution in [3.05, 3.63) is 101 Å². The van der Waals surface area contributed by atoms with Gasteiger partial charge in [0.15, 0.2) is 0 Å². The number of pyridine rings is 1. The van der Waals surface area contributed by atoms with Gasteiger partial charge < -0.3 is 47.8 Å². The average molecular weight is 851 g/mol. The number of carbonyl (C=O) groups is 4. The van der Waals surface area contributed by atoms with Gasteiger partial charge in [-0.05, 0) is 95.6 Å². The van der Waals surface area contributed by atoms with Crippen molar-refractivity contribution in [1.82, 2.24) is 30.2 Å². The van der Waals surface area contributed by atoms with Gasteiger partial charge >= 0.3 is 0 Å². The Kier molecular flexibility index (Phi) is 19.5. The second-order valence-electron chi connectivity index (χ2n) is 13.4. The quantitative estimate of drug-likeness (QED) is 0.104. The molecule has 11 N–H and O–H groups in total. The third kappa shape index (κ3) is 17.5. The van der Waals surface area contributed by atoms with Gasteiger partial charge in [0.05, 0.1) is 13.1 Å². The predicted octanol–water partition coefficient (Wildman–Crippen LogP) is 5.36. The highest BCUT2D eigenvalue weighted by Crippen LogP contribution is 2.35. The number of aliphatic carboxylic acids is 4. The molecule has 0 bridgehead atoms. The van der Waals surface area contributed by atoms with Gasteiger partial charge in [-0.1, -0.05) is 6.07 Å². The molecule has 20 nitrogen and oxygen atoms in total. The molecule has 6 heterocycles. The largest absolute Gasteiger partial charge is 0.481 e. The smallest absolute Gasteiger partial charge is 0.300 e. The summed E-state index contributed by atoms with van der Waals surface area (Å²) in [6, 6.07) is 16.1. The molecule has 3 aromatic heterocycles. The average Bonchev–Trinajstić information content (AvgIpc) is 3.88. The van der Waals surface area contributed by atoms with Crippen molar-refractivity contribution < 1.29 is 39.6 Å². The van der Waals surface area contributed by atoms with Crippen LogP contribution in [0.15, 0.2) is 83.3 Å². The molecule has 0 spiro atoms. The van der Waals surface area contributed by atoms with Crippen molar-refractivity contribution >= 4 is 71.2 Å². The number of nitrogens with two attached hydrogens (primary N) is 2. The molecular weight excluding hydrogens is 801 g/mol. The monoisotopic (exact) mass is 850 g/mol. The van der Waals surface area contributed by atoms with Crippen LogP contribution in [0, 0.1) is 0 Å². The summed E-state index contributed by atoms with van der Waals surface area (Å²) in [7, 11) is 0. The molecule has 0 radical (unpaired) electrons. The minimum atomic E-state index is -0.833. The highest BCUT2D eigenvalue weighted by atomic mass is 16.4. The maximum atomic E-state index is 9.00. The summed E-state index contributed by atoms with van der Waals surface area (Å²) in [5.74, 6) is -0.902. The number of nitrogen functional groups attached to an aromatic ring is 2. The SMILES string of the molecule is CC(=O)O.CC(=O)O.CC(=O)O.CC(=O)O.Nc1nccc(Nc2cc3c(c(-c4cccnc4)c2)CN=C3)n1.Nc1nccc(Nc2cc3c(c(C4CCCNC4)c2)CN=C3)n1. The Labute approximate surface area is 357 Å². The molecule has 1 fully saturated rings. The van der Waals surface area contributed by atoms with Crippen molar-refractivity contribution in [3.63, 3.8) is 0 Å². The Bertz CT molecular complexity index is 2290. The molecule has 326 valence electrons. The third-order valence-corrected chi connectivity index (χ3v) is 8.17. The first kappa shape index (κ1) is 48.5. The summed E-state index contributed by atoms with van der Waals surface area (Å²) in [4.78, 5) is 65.3. The predicted molar refractivity (Wildman–Crippen MR) is 236 cm³/mol. The van der Waals surface area contributed by atoms with Gasteiger partial charge in [0.1, 0.15) is 11.6 Å². The molecule has 2 aromatic carbocycles. The minimum absolute atomic E-state index is 0.241. The van der Waals surface area contributed by atoms with Crippen molar-refractivity contribution in [2.75, 3.05) is 35.2 Å². The molecule has 0 saturated carbocycles. The maximum absolute atomic E-state index is 9.00. The molecule has 20 heteroatoms. The fourth-order valence-electron chi connectivity index (χ4n) is 6.06. The number of hydrogen-bond acceptors (Lipinski definition) is 16. The van der Waals surface area contributed by atoms with Gasteiger partial charge in [-0.3, -0.25) is 34.1 Å². The molecular formula is C42H50N12O8. The lowest BCUT2D eigenvalue weighted by atomic mass is 9.86. The minimum Gasteiger partial charge on any atom is -0.481 e. The van der Waals surface area contributed by atoms with Gasteiger partial charge in [0.2, 0.25) is 11.9 Å². The first-order valence-corrected chi connectivity index (χ1v) is 19.0. The summed E-state index contributed by atoms with van der Waals surface area (Å²) in [6.45, 7) is 7.98. The molecule has 0 amide bonds. The number of aliphatic imine (C=N–C) groups is 2. The van der Waals surface area contributed by atoms with Crippen LogP contribution in [-0.4, -0.2) is 94.7 Å². The number of piperidine rings is 1. The van der Waals surface area contributed by atoms with Gasteiger partial charge in [0, 0.05) is 94.0 Å². The van der Waals surface area contributed by atoms with Crippen LogP contribution in [0.1, 0.15) is 74.3 Å². The van der Waals surface area contributed by atoms with Crippen molar-refractivity contribution in [2.45, 2.75) is 59.5 Å². The van der Waals surface area contributed by atoms with E-state index in [0.29, 0.717) is 24.1 Å². The van der Waals surface area contributed by atoms with E-state index in [1.54, 1.807) is 24.7 Å². The van der Waals surface area contributed by atoms with E-state index in [0.717, 1.165) is 75.4 Å². The first-order chi connectivity index (χ1) is 29.5. The maximum Gasteiger partial charge on any atom is 0.300 e. The fraction of sp³-hybridized carbons (Fsp3) is 0.262. The van der Waals surface area contributed by atoms with E-state index < -0.39 is 23.9 Å². The number of hydrogen-bond donors (Lipinski definition) is 9. The van der Waals surface area contributed by atoms with Crippen LogP contribution in [0.2, 0.25) is 0 Å². The zero-order chi connectivity index (χ0) is 45.6. The summed E-state index contributed by atoms with van der Waals surface area (Å²) >= 11 is 0. The summed E-state index contributed by atoms with van der Waals surface area (Å²) in [5, 5.41) is 39.8. The number of aromatic nitrogens is 5. The Morgan fingerprint density at radius 1 is 0.694 bits per heavy atom. The molecule has 1 unspecified atom stereocenters. The number of benzene rings is 2. The number of anilines is 6. The van der Waals surface area contributed by atoms with Crippen molar-refractivity contribution in [2.24, 2.45) is 9.98 Å². The number of carboxylic acids is 4. The van der Waals surface area contributed by atoms with Gasteiger partial charge in [-0.2, -0.15) is 9.97 Å². The number of nitrogens with one attached hydrogen (secondary N) is 3. The Balaban J connectivity index is 0.000000246. The molecule has 5 aromatic rings. The van der Waals surface area contributed by atoms with Crippen LogP contribution in [0.3, 0.4) is 0 Å². The molecule has 62 heavy (non-hydrogen) atoms. The lowest BCUT2D eigenvalue weighted by molar-refractivity contribution is -0.135. The standard InChI is InChI=1S/C17H20N6.C17H14N6.4C2H4O2/c2*18-17-21-5-3-16(23-17)22-13-6-12-9-20-10-15(12)14(7-13)11-2-1-4-19-8-11;4*1-2(3)4/h3,5-7,9,11,19H,1-2,4,8,10H2,(H3,18,21,22,23);1-9H,10H2,(H3,18,21,22,23);4*1H3,(H,3,4). The van der Waals surface area contributed by atoms with Gasteiger partial charge in [-0.25, -0.2) is 9.97 Å². The number of fused-ring (bicyclic) bond motifs is 2. The van der Waals surface area contributed by atoms with Crippen molar-refractivity contribution in [3.8, 4) is 11.1 Å². The Morgan fingerprint density at radius 2 is 1.19 bits per heavy atom. The second kappa shape index (κ2) is 24.9. The number of rotatable bonds is 6. The van der Waals surface area contributed by atoms with Crippen LogP contribution in [-0.2, 0) is 32.3 Å². The van der Waals surface area contributed by atoms with Crippen LogP contribution < -0.4 is 27.4 Å². The Morgan fingerprint density at radius 3 is 1.66 bits per heavy atom. The lowest BCUT2D eigenvalue weighted by Gasteiger charge is -2.25. The normalized spacial score (nSPS) is 13.4. The topological polar surface area (TPSA) is 326 Å². The first-order valence-electron chi connectivity index (χ1n) is 19.0. The van der Waals surface area contributed by atoms with E-state index in [-0.39, 0.29) is 11.9 Å². The van der Waals surface area contributed by atoms with Crippen LogP contribution >= 0.6 is 0 Å². The second-order valence-corrected chi connectivity index (χ2v) is 13.4. The van der Waals surface area contributed by atoms with Crippen LogP contribution in [0.25, 0.3) is 11.1 Å². The van der Waals surface area contributed by atoms with Crippen LogP contribution in [0.5, 0.6) is 0 Å². The lowest BCUT2D eigenvalue weighted by Crippen LogP contribution is -2.29. The molecule has 8 rings (SSSR count). The molecule has 3 aliphatic heterocycles. The van der Waals surface area contributed by atoms with E-state index in [4.69, 9.17) is 51.1 Å². The molecule has 1 atom stereocenters. The van der Waals surface area contributed by atoms with E-state index in [1.165, 1.54) is 35.1 Å². The molecule has 1 saturated heterocycles. The number of carboxylic acid groups (broad SMARTS) is 4. The van der Waals surface area contributed by atoms with E-state index in [9.17, 15) is 0 Å². The van der Waals surface area contributed by atoms with E-state index >= 15 is 0 Å². The van der Waals surface area contributed by atoms with Gasteiger partial charge in [-0.15, -0.1) is 0 Å². The Hall–Kier alpha value is -7.87. The van der Waals surface area contributed by atoms with E-state index in [2.05, 4.69) is 75.1 Å². The zero-order valence-corrected chi connectivity index (χ0v) is 34.6. The van der Waals surface area contributed by atoms with E-state index in [1.807, 2.05) is 36.8 Å².